The Labute approximate surface area is 75.6 Å². The van der Waals surface area contributed by atoms with Crippen molar-refractivity contribution in [3.63, 3.8) is 0 Å². The van der Waals surface area contributed by atoms with Crippen LogP contribution in [0, 0.1) is 13.8 Å². The molecule has 12 heavy (non-hydrogen) atoms. The Morgan fingerprint density at radius 3 is 2.25 bits per heavy atom. The molecule has 2 nitrogen and oxygen atoms in total. The van der Waals surface area contributed by atoms with E-state index in [1.54, 1.807) is 0 Å². The molecule has 0 radical (unpaired) electrons. The maximum Gasteiger partial charge on any atom is 0.0596 e. The lowest BCUT2D eigenvalue weighted by atomic mass is 10.4. The molecular weight excluding hydrogens is 148 g/mol. The van der Waals surface area contributed by atoms with Gasteiger partial charge in [-0.15, -0.1) is 0 Å². The Kier molecular flexibility index (Phi) is 5.43. The smallest absolute Gasteiger partial charge is 0.0596 e. The van der Waals surface area contributed by atoms with Gasteiger partial charge in [0.1, 0.15) is 0 Å². The van der Waals surface area contributed by atoms with Gasteiger partial charge in [0.25, 0.3) is 0 Å². The van der Waals surface area contributed by atoms with Gasteiger partial charge in [-0.1, -0.05) is 20.8 Å². The third-order valence-corrected chi connectivity index (χ3v) is 1.54. The first-order valence-corrected chi connectivity index (χ1v) is 4.75. The Morgan fingerprint density at radius 2 is 1.92 bits per heavy atom. The van der Waals surface area contributed by atoms with E-state index in [0.29, 0.717) is 0 Å². The fraction of sp³-hybridized carbons (Fsp3) is 0.700. The van der Waals surface area contributed by atoms with Gasteiger partial charge in [-0.25, -0.2) is 0 Å². The van der Waals surface area contributed by atoms with Crippen molar-refractivity contribution in [2.45, 2.75) is 47.6 Å². The highest BCUT2D eigenvalue weighted by Gasteiger charge is 1.96. The molecule has 0 N–H and O–H groups in total. The van der Waals surface area contributed by atoms with Gasteiger partial charge in [0, 0.05) is 12.2 Å². The van der Waals surface area contributed by atoms with Crippen molar-refractivity contribution in [2.75, 3.05) is 0 Å². The molecule has 0 aromatic carbocycles. The highest BCUT2D eigenvalue weighted by atomic mass is 15.3. The van der Waals surface area contributed by atoms with E-state index in [1.807, 2.05) is 20.8 Å². The first-order chi connectivity index (χ1) is 5.74. The van der Waals surface area contributed by atoms with Crippen molar-refractivity contribution in [3.05, 3.63) is 17.5 Å². The summed E-state index contributed by atoms with van der Waals surface area (Å²) < 4.78 is 2.05. The molecule has 0 aliphatic rings. The molecule has 0 aliphatic carbocycles. The van der Waals surface area contributed by atoms with Gasteiger partial charge in [0.05, 0.1) is 5.69 Å². The molecule has 0 saturated heterocycles. The third-order valence-electron chi connectivity index (χ3n) is 1.54. The van der Waals surface area contributed by atoms with Crippen LogP contribution in [0.2, 0.25) is 0 Å². The fourth-order valence-electron chi connectivity index (χ4n) is 1.11. The second kappa shape index (κ2) is 5.81. The lowest BCUT2D eigenvalue weighted by Crippen LogP contribution is -2.00. The van der Waals surface area contributed by atoms with Crippen molar-refractivity contribution in [2.24, 2.45) is 0 Å². The molecule has 1 heterocycles. The van der Waals surface area contributed by atoms with Crippen LogP contribution in [0.1, 0.15) is 38.6 Å². The standard InChI is InChI=1S/C8H14N2.C2H6/c1-4-5-10-8(3)6-7(2)9-10;1-2/h6H,4-5H2,1-3H3;1-2H3. The van der Waals surface area contributed by atoms with E-state index in [9.17, 15) is 0 Å². The third kappa shape index (κ3) is 3.07. The van der Waals surface area contributed by atoms with Crippen molar-refractivity contribution in [1.82, 2.24) is 9.78 Å². The van der Waals surface area contributed by atoms with Crippen molar-refractivity contribution in [1.29, 1.82) is 0 Å². The van der Waals surface area contributed by atoms with E-state index in [2.05, 4.69) is 29.7 Å². The zero-order valence-corrected chi connectivity index (χ0v) is 8.89. The van der Waals surface area contributed by atoms with Crippen molar-refractivity contribution in [3.8, 4) is 0 Å². The van der Waals surface area contributed by atoms with Crippen LogP contribution in [-0.2, 0) is 6.54 Å². The average Bonchev–Trinajstić information content (AvgIpc) is 2.35. The quantitative estimate of drug-likeness (QED) is 0.664. The fourth-order valence-corrected chi connectivity index (χ4v) is 1.11. The molecule has 1 aromatic rings. The predicted molar refractivity (Wildman–Crippen MR) is 53.3 cm³/mol. The number of hydrogen-bond donors (Lipinski definition) is 0. The minimum atomic E-state index is 1.04. The lowest BCUT2D eigenvalue weighted by molar-refractivity contribution is 0.583. The molecule has 0 spiro atoms. The number of aromatic nitrogens is 2. The number of hydrogen-bond acceptors (Lipinski definition) is 1. The molecule has 1 aromatic heterocycles. The van der Waals surface area contributed by atoms with Gasteiger partial charge in [-0.2, -0.15) is 5.10 Å². The predicted octanol–water partition coefficient (Wildman–Crippen LogP) is 2.94. The van der Waals surface area contributed by atoms with E-state index in [4.69, 9.17) is 0 Å². The monoisotopic (exact) mass is 168 g/mol. The molecule has 0 amide bonds. The summed E-state index contributed by atoms with van der Waals surface area (Å²) in [5.41, 5.74) is 2.38. The normalized spacial score (nSPS) is 9.08. The molecule has 0 atom stereocenters. The van der Waals surface area contributed by atoms with E-state index < -0.39 is 0 Å². The van der Waals surface area contributed by atoms with Crippen LogP contribution >= 0.6 is 0 Å². The summed E-state index contributed by atoms with van der Waals surface area (Å²) in [4.78, 5) is 0. The van der Waals surface area contributed by atoms with Gasteiger partial charge >= 0.3 is 0 Å². The van der Waals surface area contributed by atoms with Gasteiger partial charge in [-0.05, 0) is 26.3 Å². The summed E-state index contributed by atoms with van der Waals surface area (Å²) >= 11 is 0. The summed E-state index contributed by atoms with van der Waals surface area (Å²) in [7, 11) is 0. The molecule has 0 unspecified atom stereocenters. The zero-order chi connectivity index (χ0) is 9.56. The Morgan fingerprint density at radius 1 is 1.33 bits per heavy atom. The van der Waals surface area contributed by atoms with Gasteiger partial charge in [0.2, 0.25) is 0 Å². The van der Waals surface area contributed by atoms with E-state index in [0.717, 1.165) is 18.7 Å². The first kappa shape index (κ1) is 11.2. The Hall–Kier alpha value is -0.790. The van der Waals surface area contributed by atoms with E-state index in [1.165, 1.54) is 5.69 Å². The van der Waals surface area contributed by atoms with Crippen LogP contribution in [0.3, 0.4) is 0 Å². The lowest BCUT2D eigenvalue weighted by Gasteiger charge is -1.98. The maximum atomic E-state index is 4.32. The van der Waals surface area contributed by atoms with Gasteiger partial charge < -0.3 is 0 Å². The topological polar surface area (TPSA) is 17.8 Å². The van der Waals surface area contributed by atoms with Gasteiger partial charge in [-0.3, -0.25) is 4.68 Å². The summed E-state index contributed by atoms with van der Waals surface area (Å²) in [5, 5.41) is 4.32. The van der Waals surface area contributed by atoms with E-state index in [-0.39, 0.29) is 0 Å². The van der Waals surface area contributed by atoms with E-state index >= 15 is 0 Å². The van der Waals surface area contributed by atoms with Crippen LogP contribution in [0.15, 0.2) is 6.07 Å². The molecule has 0 bridgehead atoms. The number of aryl methyl sites for hydroxylation is 3. The van der Waals surface area contributed by atoms with Gasteiger partial charge in [0.15, 0.2) is 0 Å². The maximum absolute atomic E-state index is 4.32. The Balaban J connectivity index is 0.000000561. The molecule has 0 saturated carbocycles. The SMILES string of the molecule is CC.CCCn1nc(C)cc1C. The van der Waals surface area contributed by atoms with Crippen LogP contribution in [0.25, 0.3) is 0 Å². The van der Waals surface area contributed by atoms with Crippen molar-refractivity contribution < 1.29 is 0 Å². The largest absolute Gasteiger partial charge is 0.270 e. The molecule has 1 rings (SSSR count). The highest BCUT2D eigenvalue weighted by Crippen LogP contribution is 2.01. The summed E-state index contributed by atoms with van der Waals surface area (Å²) in [6.07, 6.45) is 1.15. The molecule has 2 heteroatoms. The summed E-state index contributed by atoms with van der Waals surface area (Å²) in [6.45, 7) is 11.3. The molecular formula is C10H20N2. The Bertz CT molecular complexity index is 214. The highest BCUT2D eigenvalue weighted by molar-refractivity contribution is 5.06. The van der Waals surface area contributed by atoms with Crippen molar-refractivity contribution >= 4 is 0 Å². The molecule has 0 fully saturated rings. The zero-order valence-electron chi connectivity index (χ0n) is 8.89. The first-order valence-electron chi connectivity index (χ1n) is 4.75. The van der Waals surface area contributed by atoms with Crippen LogP contribution in [0.5, 0.6) is 0 Å². The van der Waals surface area contributed by atoms with Crippen LogP contribution < -0.4 is 0 Å². The molecule has 0 aliphatic heterocycles. The number of rotatable bonds is 2. The van der Waals surface area contributed by atoms with Crippen LogP contribution in [0.4, 0.5) is 0 Å². The second-order valence-electron chi connectivity index (χ2n) is 2.65. The molecule has 70 valence electrons. The average molecular weight is 168 g/mol. The second-order valence-corrected chi connectivity index (χ2v) is 2.65. The minimum absolute atomic E-state index is 1.04. The summed E-state index contributed by atoms with van der Waals surface area (Å²) in [5.74, 6) is 0. The van der Waals surface area contributed by atoms with Crippen LogP contribution in [-0.4, -0.2) is 9.78 Å². The number of nitrogens with zero attached hydrogens (tertiary/aromatic N) is 2. The minimum Gasteiger partial charge on any atom is -0.270 e. The summed E-state index contributed by atoms with van der Waals surface area (Å²) in [6, 6.07) is 2.11.